The van der Waals surface area contributed by atoms with Gasteiger partial charge in [0.15, 0.2) is 5.78 Å². The third kappa shape index (κ3) is 2.80. The molecule has 0 spiro atoms. The van der Waals surface area contributed by atoms with Crippen molar-refractivity contribution in [1.29, 1.82) is 0 Å². The standard InChI is InChI=1S/C10H13FN2O/c1-7(11)6-13-10-9(8(2)14)4-3-5-12-10/h3-5,7H,6H2,1-2H3,(H,12,13). The van der Waals surface area contributed by atoms with E-state index in [2.05, 4.69) is 10.3 Å². The van der Waals surface area contributed by atoms with E-state index in [1.165, 1.54) is 13.8 Å². The molecule has 0 radical (unpaired) electrons. The van der Waals surface area contributed by atoms with Crippen molar-refractivity contribution in [3.8, 4) is 0 Å². The average molecular weight is 196 g/mol. The summed E-state index contributed by atoms with van der Waals surface area (Å²) in [4.78, 5) is 15.1. The summed E-state index contributed by atoms with van der Waals surface area (Å²) in [6.45, 7) is 3.07. The number of carbonyl (C=O) groups is 1. The Balaban J connectivity index is 2.79. The van der Waals surface area contributed by atoms with Gasteiger partial charge in [-0.3, -0.25) is 4.79 Å². The maximum absolute atomic E-state index is 12.5. The Kier molecular flexibility index (Phi) is 3.56. The molecule has 0 fully saturated rings. The molecule has 0 saturated carbocycles. The lowest BCUT2D eigenvalue weighted by Gasteiger charge is -2.08. The molecule has 76 valence electrons. The van der Waals surface area contributed by atoms with E-state index >= 15 is 0 Å². The van der Waals surface area contributed by atoms with Crippen LogP contribution in [0.4, 0.5) is 10.2 Å². The highest BCUT2D eigenvalue weighted by molar-refractivity contribution is 5.98. The number of rotatable bonds is 4. The van der Waals surface area contributed by atoms with Gasteiger partial charge >= 0.3 is 0 Å². The Morgan fingerprint density at radius 3 is 3.00 bits per heavy atom. The first-order chi connectivity index (χ1) is 6.61. The fourth-order valence-corrected chi connectivity index (χ4v) is 1.07. The fourth-order valence-electron chi connectivity index (χ4n) is 1.07. The van der Waals surface area contributed by atoms with Crippen LogP contribution in [-0.2, 0) is 0 Å². The van der Waals surface area contributed by atoms with Crippen LogP contribution in [0.2, 0.25) is 0 Å². The average Bonchev–Trinajstić information content (AvgIpc) is 2.15. The van der Waals surface area contributed by atoms with E-state index in [0.29, 0.717) is 11.4 Å². The third-order valence-electron chi connectivity index (χ3n) is 1.74. The number of anilines is 1. The summed E-state index contributed by atoms with van der Waals surface area (Å²) in [5.74, 6) is 0.372. The number of pyridine rings is 1. The van der Waals surface area contributed by atoms with Crippen LogP contribution in [0.5, 0.6) is 0 Å². The highest BCUT2D eigenvalue weighted by Gasteiger charge is 2.07. The molecule has 3 nitrogen and oxygen atoms in total. The van der Waals surface area contributed by atoms with Crippen molar-refractivity contribution in [1.82, 2.24) is 4.98 Å². The van der Waals surface area contributed by atoms with E-state index < -0.39 is 6.17 Å². The number of ketones is 1. The van der Waals surface area contributed by atoms with Gasteiger partial charge in [-0.25, -0.2) is 9.37 Å². The quantitative estimate of drug-likeness (QED) is 0.749. The number of nitrogens with one attached hydrogen (secondary N) is 1. The van der Waals surface area contributed by atoms with Crippen LogP contribution >= 0.6 is 0 Å². The monoisotopic (exact) mass is 196 g/mol. The first-order valence-electron chi connectivity index (χ1n) is 4.45. The maximum Gasteiger partial charge on any atom is 0.163 e. The van der Waals surface area contributed by atoms with E-state index in [4.69, 9.17) is 0 Å². The highest BCUT2D eigenvalue weighted by Crippen LogP contribution is 2.11. The topological polar surface area (TPSA) is 42.0 Å². The van der Waals surface area contributed by atoms with Gasteiger partial charge in [0.2, 0.25) is 0 Å². The number of nitrogens with zero attached hydrogens (tertiary/aromatic N) is 1. The number of halogens is 1. The zero-order chi connectivity index (χ0) is 10.6. The Hall–Kier alpha value is -1.45. The molecule has 4 heteroatoms. The first-order valence-corrected chi connectivity index (χ1v) is 4.45. The molecular formula is C10H13FN2O. The van der Waals surface area contributed by atoms with Crippen molar-refractivity contribution in [2.24, 2.45) is 0 Å². The maximum atomic E-state index is 12.5. The second-order valence-corrected chi connectivity index (χ2v) is 3.12. The van der Waals surface area contributed by atoms with Gasteiger partial charge in [0, 0.05) is 12.7 Å². The normalized spacial score (nSPS) is 12.2. The van der Waals surface area contributed by atoms with Crippen LogP contribution in [0.25, 0.3) is 0 Å². The molecule has 0 bridgehead atoms. The van der Waals surface area contributed by atoms with Crippen LogP contribution < -0.4 is 5.32 Å². The SMILES string of the molecule is CC(=O)c1cccnc1NCC(C)F. The van der Waals surface area contributed by atoms with Crippen LogP contribution in [0, 0.1) is 0 Å². The number of hydrogen-bond acceptors (Lipinski definition) is 3. The predicted molar refractivity (Wildman–Crippen MR) is 53.3 cm³/mol. The summed E-state index contributed by atoms with van der Waals surface area (Å²) in [5, 5.41) is 2.79. The van der Waals surface area contributed by atoms with Gasteiger partial charge in [0.05, 0.1) is 5.56 Å². The van der Waals surface area contributed by atoms with Gasteiger partial charge < -0.3 is 5.32 Å². The summed E-state index contributed by atoms with van der Waals surface area (Å²) in [6, 6.07) is 3.35. The van der Waals surface area contributed by atoms with Gasteiger partial charge in [0.1, 0.15) is 12.0 Å². The lowest BCUT2D eigenvalue weighted by atomic mass is 10.2. The molecule has 0 aromatic carbocycles. The highest BCUT2D eigenvalue weighted by atomic mass is 19.1. The van der Waals surface area contributed by atoms with Crippen LogP contribution in [0.15, 0.2) is 18.3 Å². The second kappa shape index (κ2) is 4.69. The van der Waals surface area contributed by atoms with Crippen molar-refractivity contribution < 1.29 is 9.18 Å². The zero-order valence-corrected chi connectivity index (χ0v) is 8.25. The molecule has 1 aromatic rings. The minimum Gasteiger partial charge on any atom is -0.367 e. The zero-order valence-electron chi connectivity index (χ0n) is 8.25. The van der Waals surface area contributed by atoms with Crippen molar-refractivity contribution in [3.05, 3.63) is 23.9 Å². The van der Waals surface area contributed by atoms with E-state index in [1.54, 1.807) is 18.3 Å². The summed E-state index contributed by atoms with van der Waals surface area (Å²) in [5.41, 5.74) is 0.494. The smallest absolute Gasteiger partial charge is 0.163 e. The van der Waals surface area contributed by atoms with Gasteiger partial charge in [-0.2, -0.15) is 0 Å². The molecule has 1 N–H and O–H groups in total. The summed E-state index contributed by atoms with van der Waals surface area (Å²) >= 11 is 0. The number of Topliss-reactive ketones (excluding diaryl/α,β-unsaturated/α-hetero) is 1. The van der Waals surface area contributed by atoms with Crippen LogP contribution in [-0.4, -0.2) is 23.5 Å². The lowest BCUT2D eigenvalue weighted by molar-refractivity contribution is 0.101. The number of aromatic nitrogens is 1. The Bertz CT molecular complexity index is 326. The molecule has 1 aromatic heterocycles. The Morgan fingerprint density at radius 2 is 2.43 bits per heavy atom. The minimum absolute atomic E-state index is 0.0767. The largest absolute Gasteiger partial charge is 0.367 e. The molecule has 0 aliphatic carbocycles. The van der Waals surface area contributed by atoms with E-state index in [9.17, 15) is 9.18 Å². The molecule has 0 amide bonds. The number of hydrogen-bond donors (Lipinski definition) is 1. The summed E-state index contributed by atoms with van der Waals surface area (Å²) in [6.07, 6.45) is 0.606. The Morgan fingerprint density at radius 1 is 1.71 bits per heavy atom. The van der Waals surface area contributed by atoms with Gasteiger partial charge in [-0.15, -0.1) is 0 Å². The molecule has 14 heavy (non-hydrogen) atoms. The first kappa shape index (κ1) is 10.6. The predicted octanol–water partition coefficient (Wildman–Crippen LogP) is 2.05. The van der Waals surface area contributed by atoms with Crippen molar-refractivity contribution >= 4 is 11.6 Å². The molecular weight excluding hydrogens is 183 g/mol. The van der Waals surface area contributed by atoms with Crippen molar-refractivity contribution in [2.75, 3.05) is 11.9 Å². The Labute approximate surface area is 82.4 Å². The number of carbonyl (C=O) groups excluding carboxylic acids is 1. The summed E-state index contributed by atoms with van der Waals surface area (Å²) in [7, 11) is 0. The molecule has 1 heterocycles. The fraction of sp³-hybridized carbons (Fsp3) is 0.400. The second-order valence-electron chi connectivity index (χ2n) is 3.12. The molecule has 0 saturated heterocycles. The summed E-state index contributed by atoms with van der Waals surface area (Å²) < 4.78 is 12.5. The minimum atomic E-state index is -0.961. The van der Waals surface area contributed by atoms with E-state index in [1.807, 2.05) is 0 Å². The number of alkyl halides is 1. The molecule has 0 aliphatic rings. The van der Waals surface area contributed by atoms with Crippen LogP contribution in [0.3, 0.4) is 0 Å². The molecule has 0 aliphatic heterocycles. The van der Waals surface area contributed by atoms with E-state index in [-0.39, 0.29) is 12.3 Å². The van der Waals surface area contributed by atoms with Gasteiger partial charge in [-0.05, 0) is 26.0 Å². The molecule has 1 atom stereocenters. The van der Waals surface area contributed by atoms with E-state index in [0.717, 1.165) is 0 Å². The lowest BCUT2D eigenvalue weighted by Crippen LogP contribution is -2.14. The van der Waals surface area contributed by atoms with Crippen molar-refractivity contribution in [3.63, 3.8) is 0 Å². The van der Waals surface area contributed by atoms with Crippen molar-refractivity contribution in [2.45, 2.75) is 20.0 Å². The molecule has 1 rings (SSSR count). The van der Waals surface area contributed by atoms with Crippen LogP contribution in [0.1, 0.15) is 24.2 Å². The van der Waals surface area contributed by atoms with Gasteiger partial charge in [-0.1, -0.05) is 0 Å². The third-order valence-corrected chi connectivity index (χ3v) is 1.74. The molecule has 1 unspecified atom stereocenters. The van der Waals surface area contributed by atoms with Gasteiger partial charge in [0.25, 0.3) is 0 Å².